The summed E-state index contributed by atoms with van der Waals surface area (Å²) in [5.74, 6) is 0. The molecular weight excluding hydrogens is 260 g/mol. The molecule has 0 radical (unpaired) electrons. The fraction of sp³-hybridized carbons (Fsp3) is 0.786. The molecule has 1 aromatic rings. The highest BCUT2D eigenvalue weighted by atomic mass is 35.5. The average molecular weight is 285 g/mol. The Kier molecular flexibility index (Phi) is 4.87. The summed E-state index contributed by atoms with van der Waals surface area (Å²) in [4.78, 5) is 2.47. The van der Waals surface area contributed by atoms with E-state index in [9.17, 15) is 0 Å². The van der Waals surface area contributed by atoms with Crippen LogP contribution in [0.1, 0.15) is 38.1 Å². The van der Waals surface area contributed by atoms with Crippen LogP contribution in [0.3, 0.4) is 0 Å². The van der Waals surface area contributed by atoms with Crippen LogP contribution in [0.4, 0.5) is 0 Å². The van der Waals surface area contributed by atoms with E-state index >= 15 is 0 Å². The lowest BCUT2D eigenvalue weighted by molar-refractivity contribution is 0.240. The molecule has 0 aromatic carbocycles. The van der Waals surface area contributed by atoms with Crippen molar-refractivity contribution < 1.29 is 0 Å². The van der Waals surface area contributed by atoms with Gasteiger partial charge in [-0.25, -0.2) is 0 Å². The Bertz CT molecular complexity index is 425. The molecule has 2 rings (SSSR count). The van der Waals surface area contributed by atoms with Crippen molar-refractivity contribution in [1.29, 1.82) is 0 Å². The Morgan fingerprint density at radius 3 is 2.79 bits per heavy atom. The smallest absolute Gasteiger partial charge is 0.0860 e. The van der Waals surface area contributed by atoms with Gasteiger partial charge in [0.1, 0.15) is 0 Å². The number of nitrogens with zero attached hydrogens (tertiary/aromatic N) is 3. The van der Waals surface area contributed by atoms with E-state index in [4.69, 9.17) is 11.6 Å². The zero-order chi connectivity index (χ0) is 14.0. The molecule has 0 saturated heterocycles. The van der Waals surface area contributed by atoms with Gasteiger partial charge in [-0.05, 0) is 40.7 Å². The van der Waals surface area contributed by atoms with E-state index in [0.29, 0.717) is 6.04 Å². The first-order valence-corrected chi connectivity index (χ1v) is 7.56. The van der Waals surface area contributed by atoms with Gasteiger partial charge in [-0.2, -0.15) is 5.10 Å². The van der Waals surface area contributed by atoms with Crippen molar-refractivity contribution in [2.75, 3.05) is 13.6 Å². The Morgan fingerprint density at radius 1 is 1.53 bits per heavy atom. The highest BCUT2D eigenvalue weighted by molar-refractivity contribution is 6.31. The van der Waals surface area contributed by atoms with Crippen LogP contribution in [-0.2, 0) is 13.1 Å². The van der Waals surface area contributed by atoms with Gasteiger partial charge in [0.25, 0.3) is 0 Å². The van der Waals surface area contributed by atoms with E-state index in [-0.39, 0.29) is 0 Å². The quantitative estimate of drug-likeness (QED) is 0.835. The minimum Gasteiger partial charge on any atom is -0.310 e. The van der Waals surface area contributed by atoms with Crippen LogP contribution in [-0.4, -0.2) is 40.4 Å². The van der Waals surface area contributed by atoms with Crippen LogP contribution in [0.5, 0.6) is 0 Å². The van der Waals surface area contributed by atoms with Gasteiger partial charge >= 0.3 is 0 Å². The topological polar surface area (TPSA) is 33.1 Å². The Hall–Kier alpha value is -0.580. The van der Waals surface area contributed by atoms with E-state index < -0.39 is 0 Å². The normalized spacial score (nSPS) is 17.2. The van der Waals surface area contributed by atoms with Crippen molar-refractivity contribution in [2.24, 2.45) is 0 Å². The lowest BCUT2D eigenvalue weighted by Gasteiger charge is -2.24. The van der Waals surface area contributed by atoms with Gasteiger partial charge in [0.15, 0.2) is 0 Å². The van der Waals surface area contributed by atoms with Crippen LogP contribution in [0.25, 0.3) is 0 Å². The molecule has 1 atom stereocenters. The Balaban J connectivity index is 1.85. The summed E-state index contributed by atoms with van der Waals surface area (Å²) in [6, 6.07) is 1.37. The Labute approximate surface area is 121 Å². The number of nitrogens with one attached hydrogen (secondary N) is 1. The summed E-state index contributed by atoms with van der Waals surface area (Å²) in [6.07, 6.45) is 2.71. The molecule has 0 bridgehead atoms. The maximum atomic E-state index is 6.30. The molecule has 1 fully saturated rings. The highest BCUT2D eigenvalue weighted by Gasteiger charge is 2.28. The summed E-state index contributed by atoms with van der Waals surface area (Å²) in [7, 11) is 2.22. The minimum absolute atomic E-state index is 0.561. The number of rotatable bonds is 7. The zero-order valence-corrected chi connectivity index (χ0v) is 13.2. The second-order valence-electron chi connectivity index (χ2n) is 5.54. The van der Waals surface area contributed by atoms with Gasteiger partial charge in [0, 0.05) is 31.7 Å². The monoisotopic (exact) mass is 284 g/mol. The SMILES string of the molecule is CCn1nc(C)c(Cl)c1CNCC(C)N(C)C1CC1. The first-order chi connectivity index (χ1) is 9.04. The molecule has 1 heterocycles. The van der Waals surface area contributed by atoms with Crippen molar-refractivity contribution in [1.82, 2.24) is 20.0 Å². The summed E-state index contributed by atoms with van der Waals surface area (Å²) >= 11 is 6.30. The van der Waals surface area contributed by atoms with Gasteiger partial charge in [-0.15, -0.1) is 0 Å². The summed E-state index contributed by atoms with van der Waals surface area (Å²) < 4.78 is 1.99. The minimum atomic E-state index is 0.561. The third kappa shape index (κ3) is 3.50. The molecule has 1 N–H and O–H groups in total. The van der Waals surface area contributed by atoms with Crippen LogP contribution >= 0.6 is 11.6 Å². The molecule has 0 amide bonds. The van der Waals surface area contributed by atoms with Crippen LogP contribution < -0.4 is 5.32 Å². The lowest BCUT2D eigenvalue weighted by Crippen LogP contribution is -2.39. The van der Waals surface area contributed by atoms with E-state index in [0.717, 1.165) is 42.1 Å². The van der Waals surface area contributed by atoms with Crippen molar-refractivity contribution in [3.05, 3.63) is 16.4 Å². The number of hydrogen-bond donors (Lipinski definition) is 1. The second kappa shape index (κ2) is 6.25. The zero-order valence-electron chi connectivity index (χ0n) is 12.4. The van der Waals surface area contributed by atoms with Crippen molar-refractivity contribution >= 4 is 11.6 Å². The number of likely N-dealkylation sites (N-methyl/N-ethyl adjacent to an activating group) is 1. The molecule has 1 aromatic heterocycles. The third-order valence-corrected chi connectivity index (χ3v) is 4.49. The summed E-state index contributed by atoms with van der Waals surface area (Å²) in [5, 5.41) is 8.74. The van der Waals surface area contributed by atoms with Crippen molar-refractivity contribution in [3.8, 4) is 0 Å². The molecule has 1 aliphatic rings. The van der Waals surface area contributed by atoms with Gasteiger partial charge in [-0.1, -0.05) is 11.6 Å². The highest BCUT2D eigenvalue weighted by Crippen LogP contribution is 2.26. The molecule has 1 saturated carbocycles. The molecule has 0 spiro atoms. The molecule has 0 aliphatic heterocycles. The van der Waals surface area contributed by atoms with Crippen molar-refractivity contribution in [2.45, 2.75) is 58.8 Å². The molecular formula is C14H25ClN4. The maximum absolute atomic E-state index is 6.30. The summed E-state index contributed by atoms with van der Waals surface area (Å²) in [6.45, 7) is 8.96. The maximum Gasteiger partial charge on any atom is 0.0860 e. The molecule has 1 unspecified atom stereocenters. The predicted octanol–water partition coefficient (Wildman–Crippen LogP) is 2.44. The molecule has 1 aliphatic carbocycles. The predicted molar refractivity (Wildman–Crippen MR) is 79.6 cm³/mol. The largest absolute Gasteiger partial charge is 0.310 e. The van der Waals surface area contributed by atoms with Gasteiger partial charge < -0.3 is 5.32 Å². The van der Waals surface area contributed by atoms with Crippen LogP contribution in [0.2, 0.25) is 5.02 Å². The van der Waals surface area contributed by atoms with E-state index in [1.807, 2.05) is 11.6 Å². The first kappa shape index (κ1) is 14.8. The molecule has 5 heteroatoms. The molecule has 19 heavy (non-hydrogen) atoms. The standard InChI is InChI=1S/C14H25ClN4/c1-5-19-13(14(15)11(3)17-19)9-16-8-10(2)18(4)12-6-7-12/h10,12,16H,5-9H2,1-4H3. The van der Waals surface area contributed by atoms with Crippen LogP contribution in [0.15, 0.2) is 0 Å². The second-order valence-corrected chi connectivity index (χ2v) is 5.92. The van der Waals surface area contributed by atoms with Crippen molar-refractivity contribution in [3.63, 3.8) is 0 Å². The van der Waals surface area contributed by atoms with Gasteiger partial charge in [0.2, 0.25) is 0 Å². The summed E-state index contributed by atoms with van der Waals surface area (Å²) in [5.41, 5.74) is 2.02. The lowest BCUT2D eigenvalue weighted by atomic mass is 10.2. The first-order valence-electron chi connectivity index (χ1n) is 7.19. The fourth-order valence-corrected chi connectivity index (χ4v) is 2.63. The third-order valence-electron chi connectivity index (χ3n) is 4.00. The average Bonchev–Trinajstić information content (AvgIpc) is 3.20. The van der Waals surface area contributed by atoms with Crippen LogP contribution in [0, 0.1) is 6.92 Å². The number of aromatic nitrogens is 2. The molecule has 108 valence electrons. The van der Waals surface area contributed by atoms with Gasteiger partial charge in [0.05, 0.1) is 16.4 Å². The van der Waals surface area contributed by atoms with E-state index in [1.165, 1.54) is 12.8 Å². The van der Waals surface area contributed by atoms with E-state index in [2.05, 4.69) is 36.2 Å². The Morgan fingerprint density at radius 2 is 2.21 bits per heavy atom. The fourth-order valence-electron chi connectivity index (χ4n) is 2.42. The number of aryl methyl sites for hydroxylation is 2. The van der Waals surface area contributed by atoms with E-state index in [1.54, 1.807) is 0 Å². The number of halogens is 1. The molecule has 4 nitrogen and oxygen atoms in total. The van der Waals surface area contributed by atoms with Gasteiger partial charge in [-0.3, -0.25) is 9.58 Å². The number of hydrogen-bond acceptors (Lipinski definition) is 3.